The van der Waals surface area contributed by atoms with Crippen LogP contribution >= 0.6 is 11.6 Å². The number of rotatable bonds is 6. The molecule has 5 aromatic rings. The van der Waals surface area contributed by atoms with E-state index in [0.717, 1.165) is 51.9 Å². The molecule has 0 unspecified atom stereocenters. The minimum absolute atomic E-state index is 0.183. The van der Waals surface area contributed by atoms with Crippen LogP contribution in [0.5, 0.6) is 0 Å². The largest absolute Gasteiger partial charge is 0.333 e. The SMILES string of the molecule is O=C(NCc1ccnc(F)c1)n1c2c(c3cc(-c4ccc(F)cc4)ccc31)CN(C/C=C/c1ccc(Cl)cc1)CC2. The Labute approximate surface area is 241 Å². The number of hydrogen-bond donors (Lipinski definition) is 1. The Kier molecular flexibility index (Phi) is 7.63. The molecule has 1 aliphatic heterocycles. The molecule has 8 heteroatoms. The lowest BCUT2D eigenvalue weighted by molar-refractivity contribution is 0.240. The molecule has 0 bridgehead atoms. The van der Waals surface area contributed by atoms with Gasteiger partial charge < -0.3 is 5.32 Å². The zero-order valence-electron chi connectivity index (χ0n) is 22.2. The molecule has 3 aromatic carbocycles. The lowest BCUT2D eigenvalue weighted by atomic mass is 10.00. The second-order valence-corrected chi connectivity index (χ2v) is 10.5. The average molecular weight is 569 g/mol. The summed E-state index contributed by atoms with van der Waals surface area (Å²) in [5, 5.41) is 4.64. The van der Waals surface area contributed by atoms with Gasteiger partial charge in [0.25, 0.3) is 0 Å². The second-order valence-electron chi connectivity index (χ2n) is 10.1. The van der Waals surface area contributed by atoms with Gasteiger partial charge in [0.05, 0.1) is 5.52 Å². The van der Waals surface area contributed by atoms with Gasteiger partial charge in [0.15, 0.2) is 0 Å². The summed E-state index contributed by atoms with van der Waals surface area (Å²) in [7, 11) is 0. The van der Waals surface area contributed by atoms with E-state index in [1.807, 2.05) is 36.4 Å². The van der Waals surface area contributed by atoms with Crippen LogP contribution in [0.25, 0.3) is 28.1 Å². The number of nitrogens with zero attached hydrogens (tertiary/aromatic N) is 3. The van der Waals surface area contributed by atoms with E-state index in [1.165, 1.54) is 24.4 Å². The molecular formula is C33H27ClF2N4O. The number of hydrogen-bond acceptors (Lipinski definition) is 3. The fourth-order valence-corrected chi connectivity index (χ4v) is 5.47. The third-order valence-electron chi connectivity index (χ3n) is 7.39. The second kappa shape index (κ2) is 11.6. The third-order valence-corrected chi connectivity index (χ3v) is 7.64. The predicted octanol–water partition coefficient (Wildman–Crippen LogP) is 7.46. The molecule has 206 valence electrons. The van der Waals surface area contributed by atoms with Gasteiger partial charge in [-0.3, -0.25) is 9.47 Å². The summed E-state index contributed by atoms with van der Waals surface area (Å²) in [4.78, 5) is 19.5. The highest BCUT2D eigenvalue weighted by molar-refractivity contribution is 6.30. The van der Waals surface area contributed by atoms with Gasteiger partial charge in [0.1, 0.15) is 5.82 Å². The number of carbonyl (C=O) groups is 1. The molecule has 6 rings (SSSR count). The maximum Gasteiger partial charge on any atom is 0.326 e. The molecule has 0 atom stereocenters. The molecule has 1 amide bonds. The Morgan fingerprint density at radius 1 is 0.976 bits per heavy atom. The van der Waals surface area contributed by atoms with Gasteiger partial charge in [-0.15, -0.1) is 0 Å². The lowest BCUT2D eigenvalue weighted by Gasteiger charge is -2.27. The molecule has 5 nitrogen and oxygen atoms in total. The van der Waals surface area contributed by atoms with Crippen LogP contribution in [0.1, 0.15) is 22.4 Å². The van der Waals surface area contributed by atoms with Gasteiger partial charge >= 0.3 is 6.03 Å². The van der Waals surface area contributed by atoms with Crippen molar-refractivity contribution in [3.05, 3.63) is 130 Å². The first-order chi connectivity index (χ1) is 19.9. The normalized spacial score (nSPS) is 13.5. The van der Waals surface area contributed by atoms with Gasteiger partial charge in [-0.25, -0.2) is 14.2 Å². The van der Waals surface area contributed by atoms with Crippen LogP contribution in [0, 0.1) is 11.8 Å². The van der Waals surface area contributed by atoms with Crippen LogP contribution in [-0.2, 0) is 19.5 Å². The van der Waals surface area contributed by atoms with Crippen molar-refractivity contribution in [3.8, 4) is 11.1 Å². The first kappa shape index (κ1) is 26.9. The van der Waals surface area contributed by atoms with E-state index < -0.39 is 5.95 Å². The van der Waals surface area contributed by atoms with E-state index in [-0.39, 0.29) is 18.4 Å². The predicted molar refractivity (Wildman–Crippen MR) is 159 cm³/mol. The van der Waals surface area contributed by atoms with Crippen molar-refractivity contribution in [3.63, 3.8) is 0 Å². The number of pyridine rings is 1. The van der Waals surface area contributed by atoms with Crippen molar-refractivity contribution in [1.82, 2.24) is 19.8 Å². The summed E-state index contributed by atoms with van der Waals surface area (Å²) in [6.07, 6.45) is 6.30. The minimum Gasteiger partial charge on any atom is -0.333 e. The third kappa shape index (κ3) is 5.92. The fourth-order valence-electron chi connectivity index (χ4n) is 5.35. The summed E-state index contributed by atoms with van der Waals surface area (Å²) in [6, 6.07) is 22.8. The van der Waals surface area contributed by atoms with Gasteiger partial charge in [0, 0.05) is 54.9 Å². The van der Waals surface area contributed by atoms with Crippen LogP contribution in [0.3, 0.4) is 0 Å². The molecule has 0 fully saturated rings. The summed E-state index contributed by atoms with van der Waals surface area (Å²) in [6.45, 7) is 2.41. The van der Waals surface area contributed by atoms with E-state index in [4.69, 9.17) is 11.6 Å². The molecule has 0 spiro atoms. The van der Waals surface area contributed by atoms with Gasteiger partial charge in [-0.05, 0) is 76.3 Å². The van der Waals surface area contributed by atoms with Crippen molar-refractivity contribution >= 4 is 34.6 Å². The monoisotopic (exact) mass is 568 g/mol. The minimum atomic E-state index is -0.584. The molecule has 0 radical (unpaired) electrons. The Hall–Kier alpha value is -4.33. The number of fused-ring (bicyclic) bond motifs is 3. The number of benzene rings is 3. The Bertz CT molecular complexity index is 1750. The summed E-state index contributed by atoms with van der Waals surface area (Å²) >= 11 is 6.00. The van der Waals surface area contributed by atoms with E-state index in [1.54, 1.807) is 22.8 Å². The molecular weight excluding hydrogens is 542 g/mol. The standard InChI is InChI=1S/C33H27ClF2N4O/c34-26-8-3-22(4-9-26)2-1-16-39-17-14-31-29(21-39)28-19-25(24-5-10-27(35)11-6-24)7-12-30(28)40(31)33(41)38-20-23-13-15-37-32(36)18-23/h1-13,15,18-19H,14,16-17,20-21H2,(H,38,41)/b2-1+. The van der Waals surface area contributed by atoms with E-state index in [9.17, 15) is 13.6 Å². The molecule has 0 saturated carbocycles. The van der Waals surface area contributed by atoms with Crippen LogP contribution < -0.4 is 5.32 Å². The van der Waals surface area contributed by atoms with E-state index in [0.29, 0.717) is 23.6 Å². The molecule has 2 aromatic heterocycles. The summed E-state index contributed by atoms with van der Waals surface area (Å²) < 4.78 is 28.9. The van der Waals surface area contributed by atoms with Crippen LogP contribution in [0.4, 0.5) is 13.6 Å². The first-order valence-electron chi connectivity index (χ1n) is 13.4. The number of aromatic nitrogens is 2. The van der Waals surface area contributed by atoms with Crippen LogP contribution in [0.2, 0.25) is 5.02 Å². The molecule has 0 saturated heterocycles. The zero-order chi connectivity index (χ0) is 28.3. The Morgan fingerprint density at radius 3 is 2.54 bits per heavy atom. The van der Waals surface area contributed by atoms with Crippen LogP contribution in [-0.4, -0.2) is 33.6 Å². The molecule has 1 N–H and O–H groups in total. The Balaban J connectivity index is 1.31. The maximum atomic E-state index is 13.6. The number of halogens is 3. The van der Waals surface area contributed by atoms with Gasteiger partial charge in [0.2, 0.25) is 5.95 Å². The molecule has 1 aliphatic rings. The highest BCUT2D eigenvalue weighted by Gasteiger charge is 2.26. The molecule has 0 aliphatic carbocycles. The maximum absolute atomic E-state index is 13.6. The smallest absolute Gasteiger partial charge is 0.326 e. The van der Waals surface area contributed by atoms with Crippen molar-refractivity contribution in [2.75, 3.05) is 13.1 Å². The van der Waals surface area contributed by atoms with E-state index in [2.05, 4.69) is 33.4 Å². The van der Waals surface area contributed by atoms with Crippen LogP contribution in [0.15, 0.2) is 91.1 Å². The fraction of sp³-hybridized carbons (Fsp3) is 0.152. The lowest BCUT2D eigenvalue weighted by Crippen LogP contribution is -2.34. The highest BCUT2D eigenvalue weighted by Crippen LogP contribution is 2.34. The van der Waals surface area contributed by atoms with E-state index >= 15 is 0 Å². The summed E-state index contributed by atoms with van der Waals surface area (Å²) in [5.41, 5.74) is 6.43. The van der Waals surface area contributed by atoms with Gasteiger partial charge in [-0.1, -0.05) is 54.1 Å². The first-order valence-corrected chi connectivity index (χ1v) is 13.8. The van der Waals surface area contributed by atoms with Crippen molar-refractivity contribution < 1.29 is 13.6 Å². The molecule has 3 heterocycles. The topological polar surface area (TPSA) is 50.2 Å². The number of amides is 1. The van der Waals surface area contributed by atoms with Crippen molar-refractivity contribution in [2.45, 2.75) is 19.5 Å². The van der Waals surface area contributed by atoms with Gasteiger partial charge in [-0.2, -0.15) is 4.39 Å². The van der Waals surface area contributed by atoms with Crippen molar-refractivity contribution in [1.29, 1.82) is 0 Å². The summed E-state index contributed by atoms with van der Waals surface area (Å²) in [5.74, 6) is -0.870. The number of nitrogens with one attached hydrogen (secondary N) is 1. The Morgan fingerprint density at radius 2 is 1.76 bits per heavy atom. The molecule has 41 heavy (non-hydrogen) atoms. The average Bonchev–Trinajstić information content (AvgIpc) is 3.30. The highest BCUT2D eigenvalue weighted by atomic mass is 35.5. The quantitative estimate of drug-likeness (QED) is 0.216. The van der Waals surface area contributed by atoms with Crippen molar-refractivity contribution in [2.24, 2.45) is 0 Å². The number of carbonyl (C=O) groups excluding carboxylic acids is 1. The zero-order valence-corrected chi connectivity index (χ0v) is 22.9.